The van der Waals surface area contributed by atoms with Crippen molar-refractivity contribution in [3.8, 4) is 0 Å². The Morgan fingerprint density at radius 2 is 1.89 bits per heavy atom. The number of hydrogen-bond donors (Lipinski definition) is 0. The molecule has 0 unspecified atom stereocenters. The number of ether oxygens (including phenoxy) is 1. The van der Waals surface area contributed by atoms with Gasteiger partial charge in [0.25, 0.3) is 0 Å². The number of benzene rings is 1. The summed E-state index contributed by atoms with van der Waals surface area (Å²) in [4.78, 5) is 0. The summed E-state index contributed by atoms with van der Waals surface area (Å²) in [6.45, 7) is 4.22. The van der Waals surface area contributed by atoms with E-state index in [1.54, 1.807) is 26.0 Å². The number of halogens is 3. The number of sulfonamides is 1. The molecule has 1 saturated heterocycles. The van der Waals surface area contributed by atoms with Gasteiger partial charge >= 0.3 is 15.5 Å². The van der Waals surface area contributed by atoms with Crippen molar-refractivity contribution in [2.24, 2.45) is 5.10 Å². The van der Waals surface area contributed by atoms with E-state index in [4.69, 9.17) is 4.74 Å². The van der Waals surface area contributed by atoms with Crippen LogP contribution in [-0.2, 0) is 14.8 Å². The fraction of sp³-hybridized carbons (Fsp3) is 0.588. The summed E-state index contributed by atoms with van der Waals surface area (Å²) < 4.78 is 68.6. The predicted molar refractivity (Wildman–Crippen MR) is 98.1 cm³/mol. The van der Waals surface area contributed by atoms with E-state index in [0.717, 1.165) is 45.0 Å². The first-order chi connectivity index (χ1) is 12.6. The van der Waals surface area contributed by atoms with Gasteiger partial charge in [-0.3, -0.25) is 5.01 Å². The minimum absolute atomic E-state index is 0.113. The highest BCUT2D eigenvalue weighted by molar-refractivity contribution is 7.93. The highest BCUT2D eigenvalue weighted by Gasteiger charge is 2.50. The maximum Gasteiger partial charge on any atom is 0.516 e. The standard InChI is InChI=1S/C17H24F3N3O3S/c1-13-7-8-16(23(12-26-3)27(24,25)17(18,19)20)15(11-13)14(2)21-22-9-5-4-6-10-22/h7-8,11H,4-6,9-10,12H2,1-3H3/b21-14+. The molecule has 1 fully saturated rings. The molecule has 0 saturated carbocycles. The van der Waals surface area contributed by atoms with E-state index in [9.17, 15) is 21.6 Å². The normalized spacial score (nSPS) is 16.5. The average Bonchev–Trinajstić information content (AvgIpc) is 2.59. The number of anilines is 1. The molecule has 6 nitrogen and oxygen atoms in total. The van der Waals surface area contributed by atoms with Gasteiger partial charge in [-0.2, -0.15) is 26.7 Å². The van der Waals surface area contributed by atoms with Gasteiger partial charge in [0.1, 0.15) is 6.73 Å². The van der Waals surface area contributed by atoms with Crippen molar-refractivity contribution >= 4 is 21.4 Å². The summed E-state index contributed by atoms with van der Waals surface area (Å²) in [5.74, 6) is 0. The predicted octanol–water partition coefficient (Wildman–Crippen LogP) is 3.46. The zero-order valence-corrected chi connectivity index (χ0v) is 16.4. The van der Waals surface area contributed by atoms with Crippen LogP contribution in [0, 0.1) is 6.92 Å². The van der Waals surface area contributed by atoms with Crippen LogP contribution in [0.5, 0.6) is 0 Å². The largest absolute Gasteiger partial charge is 0.516 e. The third-order valence-electron chi connectivity index (χ3n) is 4.26. The Kier molecular flexibility index (Phi) is 6.74. The number of aryl methyl sites for hydroxylation is 1. The number of piperidine rings is 1. The smallest absolute Gasteiger partial charge is 0.363 e. The number of rotatable bonds is 6. The van der Waals surface area contributed by atoms with E-state index in [0.29, 0.717) is 11.3 Å². The summed E-state index contributed by atoms with van der Waals surface area (Å²) in [6.07, 6.45) is 3.11. The van der Waals surface area contributed by atoms with Crippen molar-refractivity contribution in [1.82, 2.24) is 5.01 Å². The van der Waals surface area contributed by atoms with Crippen molar-refractivity contribution in [3.63, 3.8) is 0 Å². The topological polar surface area (TPSA) is 62.2 Å². The van der Waals surface area contributed by atoms with Crippen LogP contribution in [0.4, 0.5) is 18.9 Å². The van der Waals surface area contributed by atoms with Gasteiger partial charge in [0.15, 0.2) is 0 Å². The van der Waals surface area contributed by atoms with E-state index < -0.39 is 22.3 Å². The van der Waals surface area contributed by atoms with Gasteiger partial charge in [-0.05, 0) is 45.2 Å². The number of alkyl halides is 3. The zero-order chi connectivity index (χ0) is 20.2. The molecule has 10 heteroatoms. The maximum atomic E-state index is 13.2. The fourth-order valence-electron chi connectivity index (χ4n) is 2.91. The fourth-order valence-corrected chi connectivity index (χ4v) is 3.82. The molecular formula is C17H24F3N3O3S. The van der Waals surface area contributed by atoms with Crippen molar-refractivity contribution in [2.75, 3.05) is 31.2 Å². The second-order valence-corrected chi connectivity index (χ2v) is 8.29. The molecule has 0 aliphatic carbocycles. The van der Waals surface area contributed by atoms with Gasteiger partial charge in [0.2, 0.25) is 0 Å². The number of hydrazone groups is 1. The highest BCUT2D eigenvalue weighted by atomic mass is 32.2. The van der Waals surface area contributed by atoms with Gasteiger partial charge in [-0.1, -0.05) is 11.6 Å². The Bertz CT molecular complexity index is 788. The molecule has 0 spiro atoms. The summed E-state index contributed by atoms with van der Waals surface area (Å²) in [5, 5.41) is 6.37. The molecule has 1 heterocycles. The SMILES string of the molecule is COCN(c1ccc(C)cc1/C(C)=N/N1CCCCC1)S(=O)(=O)C(F)(F)F. The van der Waals surface area contributed by atoms with Crippen LogP contribution < -0.4 is 4.31 Å². The minimum Gasteiger partial charge on any atom is -0.363 e. The molecule has 0 radical (unpaired) electrons. The molecule has 1 aliphatic rings. The van der Waals surface area contributed by atoms with Crippen LogP contribution in [-0.4, -0.2) is 51.6 Å². The van der Waals surface area contributed by atoms with Crippen LogP contribution in [0.15, 0.2) is 23.3 Å². The Balaban J connectivity index is 2.53. The lowest BCUT2D eigenvalue weighted by atomic mass is 10.1. The van der Waals surface area contributed by atoms with E-state index >= 15 is 0 Å². The first-order valence-electron chi connectivity index (χ1n) is 8.57. The summed E-state index contributed by atoms with van der Waals surface area (Å²) in [5.41, 5.74) is -3.99. The quantitative estimate of drug-likeness (QED) is 0.535. The Morgan fingerprint density at radius 3 is 2.44 bits per heavy atom. The van der Waals surface area contributed by atoms with Crippen molar-refractivity contribution in [2.45, 2.75) is 38.6 Å². The van der Waals surface area contributed by atoms with Crippen LogP contribution in [0.1, 0.15) is 37.3 Å². The lowest BCUT2D eigenvalue weighted by Gasteiger charge is -2.28. The van der Waals surface area contributed by atoms with Crippen LogP contribution in [0.2, 0.25) is 0 Å². The molecule has 2 rings (SSSR count). The number of hydrogen-bond acceptors (Lipinski definition) is 5. The molecule has 1 aliphatic heterocycles. The molecule has 0 N–H and O–H groups in total. The summed E-state index contributed by atoms with van der Waals surface area (Å²) >= 11 is 0. The molecule has 1 aromatic rings. The Labute approximate surface area is 157 Å². The minimum atomic E-state index is -5.62. The van der Waals surface area contributed by atoms with E-state index in [1.165, 1.54) is 6.07 Å². The van der Waals surface area contributed by atoms with Crippen LogP contribution in [0.25, 0.3) is 0 Å². The van der Waals surface area contributed by atoms with Crippen molar-refractivity contribution in [3.05, 3.63) is 29.3 Å². The molecule has 0 bridgehead atoms. The molecular weight excluding hydrogens is 383 g/mol. The van der Waals surface area contributed by atoms with Crippen molar-refractivity contribution < 1.29 is 26.3 Å². The summed E-state index contributed by atoms with van der Waals surface area (Å²) in [6, 6.07) is 4.54. The molecule has 0 atom stereocenters. The van der Waals surface area contributed by atoms with E-state index in [1.807, 2.05) is 5.01 Å². The van der Waals surface area contributed by atoms with E-state index in [2.05, 4.69) is 5.10 Å². The van der Waals surface area contributed by atoms with Gasteiger partial charge < -0.3 is 4.74 Å². The number of methoxy groups -OCH3 is 1. The first-order valence-corrected chi connectivity index (χ1v) is 10.0. The van der Waals surface area contributed by atoms with Gasteiger partial charge in [0, 0.05) is 25.8 Å². The molecule has 0 amide bonds. The first kappa shape index (κ1) is 21.5. The van der Waals surface area contributed by atoms with Crippen molar-refractivity contribution in [1.29, 1.82) is 0 Å². The molecule has 1 aromatic carbocycles. The van der Waals surface area contributed by atoms with Crippen LogP contribution in [0.3, 0.4) is 0 Å². The Hall–Kier alpha value is -1.81. The third-order valence-corrected chi connectivity index (χ3v) is 5.73. The molecule has 0 aromatic heterocycles. The Morgan fingerprint density at radius 1 is 1.26 bits per heavy atom. The van der Waals surface area contributed by atoms with Gasteiger partial charge in [0.05, 0.1) is 11.4 Å². The highest BCUT2D eigenvalue weighted by Crippen LogP contribution is 2.33. The second-order valence-electron chi connectivity index (χ2n) is 6.44. The molecule has 27 heavy (non-hydrogen) atoms. The average molecular weight is 407 g/mol. The lowest BCUT2D eigenvalue weighted by Crippen LogP contribution is -2.42. The summed E-state index contributed by atoms with van der Waals surface area (Å²) in [7, 11) is -4.48. The zero-order valence-electron chi connectivity index (χ0n) is 15.6. The maximum absolute atomic E-state index is 13.2. The van der Waals surface area contributed by atoms with Gasteiger partial charge in [-0.15, -0.1) is 0 Å². The number of nitrogens with zero attached hydrogens (tertiary/aromatic N) is 3. The van der Waals surface area contributed by atoms with E-state index in [-0.39, 0.29) is 9.99 Å². The third kappa shape index (κ3) is 4.92. The van der Waals surface area contributed by atoms with Crippen LogP contribution >= 0.6 is 0 Å². The lowest BCUT2D eigenvalue weighted by molar-refractivity contribution is -0.0443. The monoisotopic (exact) mass is 407 g/mol. The second kappa shape index (κ2) is 8.47. The van der Waals surface area contributed by atoms with Gasteiger partial charge in [-0.25, -0.2) is 4.31 Å². The molecule has 152 valence electrons.